The summed E-state index contributed by atoms with van der Waals surface area (Å²) >= 11 is 0. The number of esters is 1. The summed E-state index contributed by atoms with van der Waals surface area (Å²) in [7, 11) is 1.55. The second-order valence-corrected chi connectivity index (χ2v) is 6.04. The maximum Gasteiger partial charge on any atom is 0.340 e. The topological polar surface area (TPSA) is 128 Å². The van der Waals surface area contributed by atoms with Gasteiger partial charge in [0.15, 0.2) is 5.75 Å². The highest BCUT2D eigenvalue weighted by molar-refractivity contribution is 5.98. The van der Waals surface area contributed by atoms with Gasteiger partial charge in [0, 0.05) is 24.4 Å². The molecule has 10 heteroatoms. The Morgan fingerprint density at radius 2 is 2.03 bits per heavy atom. The Kier molecular flexibility index (Phi) is 5.18. The van der Waals surface area contributed by atoms with Crippen LogP contribution >= 0.6 is 0 Å². The molecule has 1 aromatic carbocycles. The lowest BCUT2D eigenvalue weighted by Crippen LogP contribution is -2.07. The first-order valence-corrected chi connectivity index (χ1v) is 8.45. The Balaban J connectivity index is 2.28. The van der Waals surface area contributed by atoms with E-state index in [1.807, 2.05) is 0 Å². The van der Waals surface area contributed by atoms with Crippen molar-refractivity contribution in [3.05, 3.63) is 58.0 Å². The molecule has 9 nitrogen and oxygen atoms in total. The lowest BCUT2D eigenvalue weighted by Gasteiger charge is -2.10. The summed E-state index contributed by atoms with van der Waals surface area (Å²) in [5.74, 6) is -3.00. The molecule has 0 saturated heterocycles. The standard InChI is InChI=1S/C19H16FN3O6/c1-3-29-19(26)11-9-13(10-7-14(23(27)28)18(25)15(24)8-10)22(2)17(11)12-5-4-6-16(20)21-12/h4-9,24-25H,3H2,1-2H3. The third kappa shape index (κ3) is 3.59. The Morgan fingerprint density at radius 1 is 1.31 bits per heavy atom. The van der Waals surface area contributed by atoms with Crippen LogP contribution in [-0.2, 0) is 11.8 Å². The molecule has 0 radical (unpaired) electrons. The van der Waals surface area contributed by atoms with Gasteiger partial charge in [0.05, 0.1) is 28.5 Å². The Labute approximate surface area is 163 Å². The molecule has 2 heterocycles. The van der Waals surface area contributed by atoms with Gasteiger partial charge in [-0.25, -0.2) is 9.78 Å². The highest BCUT2D eigenvalue weighted by atomic mass is 19.1. The smallest absolute Gasteiger partial charge is 0.340 e. The molecular formula is C19H16FN3O6. The van der Waals surface area contributed by atoms with Gasteiger partial charge in [-0.2, -0.15) is 4.39 Å². The lowest BCUT2D eigenvalue weighted by atomic mass is 10.1. The van der Waals surface area contributed by atoms with Crippen molar-refractivity contribution in [2.24, 2.45) is 7.05 Å². The molecule has 2 N–H and O–H groups in total. The van der Waals surface area contributed by atoms with Gasteiger partial charge in [-0.3, -0.25) is 10.1 Å². The van der Waals surface area contributed by atoms with E-state index in [9.17, 15) is 29.5 Å². The van der Waals surface area contributed by atoms with E-state index in [-0.39, 0.29) is 34.8 Å². The largest absolute Gasteiger partial charge is 0.504 e. The molecule has 0 amide bonds. The van der Waals surface area contributed by atoms with Crippen LogP contribution in [0, 0.1) is 16.1 Å². The quantitative estimate of drug-likeness (QED) is 0.220. The molecule has 0 saturated carbocycles. The summed E-state index contributed by atoms with van der Waals surface area (Å²) in [6, 6.07) is 7.66. The predicted molar refractivity (Wildman–Crippen MR) is 100.0 cm³/mol. The highest BCUT2D eigenvalue weighted by Crippen LogP contribution is 2.41. The van der Waals surface area contributed by atoms with Crippen molar-refractivity contribution in [1.29, 1.82) is 0 Å². The van der Waals surface area contributed by atoms with Crippen LogP contribution in [0.1, 0.15) is 17.3 Å². The van der Waals surface area contributed by atoms with Crippen molar-refractivity contribution in [3.63, 3.8) is 0 Å². The first kappa shape index (κ1) is 19.8. The number of nitrogens with zero attached hydrogens (tertiary/aromatic N) is 3. The SMILES string of the molecule is CCOC(=O)c1cc(-c2cc(O)c(O)c([N+](=O)[O-])c2)n(C)c1-c1cccc(F)n1. The third-order valence-electron chi connectivity index (χ3n) is 4.25. The van der Waals surface area contributed by atoms with Crippen molar-refractivity contribution in [3.8, 4) is 34.1 Å². The van der Waals surface area contributed by atoms with Crippen molar-refractivity contribution in [1.82, 2.24) is 9.55 Å². The van der Waals surface area contributed by atoms with E-state index in [1.54, 1.807) is 14.0 Å². The van der Waals surface area contributed by atoms with E-state index in [0.29, 0.717) is 0 Å². The van der Waals surface area contributed by atoms with Crippen LogP contribution in [0.3, 0.4) is 0 Å². The fourth-order valence-electron chi connectivity index (χ4n) is 2.99. The fraction of sp³-hybridized carbons (Fsp3) is 0.158. The molecule has 3 aromatic rings. The minimum atomic E-state index is -0.870. The highest BCUT2D eigenvalue weighted by Gasteiger charge is 2.26. The normalized spacial score (nSPS) is 10.7. The maximum atomic E-state index is 13.7. The molecule has 0 unspecified atom stereocenters. The van der Waals surface area contributed by atoms with Crippen LogP contribution in [0.2, 0.25) is 0 Å². The van der Waals surface area contributed by atoms with Crippen molar-refractivity contribution >= 4 is 11.7 Å². The number of phenolic OH excluding ortho intramolecular Hbond substituents is 2. The van der Waals surface area contributed by atoms with Gasteiger partial charge < -0.3 is 19.5 Å². The average Bonchev–Trinajstić information content (AvgIpc) is 3.01. The monoisotopic (exact) mass is 401 g/mol. The fourth-order valence-corrected chi connectivity index (χ4v) is 2.99. The van der Waals surface area contributed by atoms with E-state index in [0.717, 1.165) is 18.2 Å². The van der Waals surface area contributed by atoms with E-state index < -0.39 is 34.0 Å². The van der Waals surface area contributed by atoms with Gasteiger partial charge in [-0.1, -0.05) is 6.07 Å². The Morgan fingerprint density at radius 3 is 2.66 bits per heavy atom. The van der Waals surface area contributed by atoms with Gasteiger partial charge in [-0.05, 0) is 31.2 Å². The molecule has 0 atom stereocenters. The number of ether oxygens (including phenoxy) is 1. The molecule has 0 aliphatic carbocycles. The average molecular weight is 401 g/mol. The van der Waals surface area contributed by atoms with E-state index in [2.05, 4.69) is 4.98 Å². The summed E-state index contributed by atoms with van der Waals surface area (Å²) in [5, 5.41) is 30.8. The first-order valence-electron chi connectivity index (χ1n) is 8.45. The number of aromatic hydroxyl groups is 2. The zero-order valence-electron chi connectivity index (χ0n) is 15.4. The number of halogens is 1. The van der Waals surface area contributed by atoms with E-state index in [4.69, 9.17) is 4.74 Å². The zero-order chi connectivity index (χ0) is 21.3. The van der Waals surface area contributed by atoms with Crippen LogP contribution in [0.25, 0.3) is 22.6 Å². The summed E-state index contributed by atoms with van der Waals surface area (Å²) in [6.07, 6.45) is 0. The number of carbonyl (C=O) groups excluding carboxylic acids is 1. The molecule has 0 aliphatic rings. The summed E-state index contributed by atoms with van der Waals surface area (Å²) in [6.45, 7) is 1.73. The Bertz CT molecular complexity index is 1130. The number of hydrogen-bond acceptors (Lipinski definition) is 7. The summed E-state index contributed by atoms with van der Waals surface area (Å²) in [4.78, 5) is 26.6. The number of aromatic nitrogens is 2. The summed E-state index contributed by atoms with van der Waals surface area (Å²) < 4.78 is 20.2. The number of carbonyl (C=O) groups is 1. The minimum Gasteiger partial charge on any atom is -0.504 e. The molecule has 29 heavy (non-hydrogen) atoms. The number of rotatable bonds is 5. The predicted octanol–water partition coefficient (Wildman–Crippen LogP) is 3.39. The van der Waals surface area contributed by atoms with Crippen molar-refractivity contribution in [2.45, 2.75) is 6.92 Å². The molecule has 2 aromatic heterocycles. The first-order chi connectivity index (χ1) is 13.7. The molecular weight excluding hydrogens is 385 g/mol. The van der Waals surface area contributed by atoms with Gasteiger partial charge in [0.2, 0.25) is 11.7 Å². The second kappa shape index (κ2) is 7.58. The molecule has 3 rings (SSSR count). The van der Waals surface area contributed by atoms with Crippen molar-refractivity contribution < 1.29 is 29.1 Å². The van der Waals surface area contributed by atoms with Crippen LogP contribution in [0.15, 0.2) is 36.4 Å². The van der Waals surface area contributed by atoms with Gasteiger partial charge >= 0.3 is 11.7 Å². The number of benzene rings is 1. The minimum absolute atomic E-state index is 0.0673. The van der Waals surface area contributed by atoms with E-state index in [1.165, 1.54) is 22.8 Å². The van der Waals surface area contributed by atoms with Crippen LogP contribution in [0.4, 0.5) is 10.1 Å². The van der Waals surface area contributed by atoms with Crippen molar-refractivity contribution in [2.75, 3.05) is 6.61 Å². The Hall–Kier alpha value is -3.95. The molecule has 0 bridgehead atoms. The third-order valence-corrected chi connectivity index (χ3v) is 4.25. The van der Waals surface area contributed by atoms with Crippen LogP contribution < -0.4 is 0 Å². The maximum absolute atomic E-state index is 13.7. The molecule has 0 fully saturated rings. The zero-order valence-corrected chi connectivity index (χ0v) is 15.4. The second-order valence-electron chi connectivity index (χ2n) is 6.04. The molecule has 0 spiro atoms. The number of nitro groups is 1. The number of hydrogen-bond donors (Lipinski definition) is 2. The van der Waals surface area contributed by atoms with Gasteiger partial charge in [0.25, 0.3) is 0 Å². The number of nitro benzene ring substituents is 1. The van der Waals surface area contributed by atoms with E-state index >= 15 is 0 Å². The summed E-state index contributed by atoms with van der Waals surface area (Å²) in [5.41, 5.74) is 0.185. The molecule has 0 aliphatic heterocycles. The number of phenols is 2. The molecule has 150 valence electrons. The van der Waals surface area contributed by atoms with Gasteiger partial charge in [-0.15, -0.1) is 0 Å². The van der Waals surface area contributed by atoms with Crippen LogP contribution in [0.5, 0.6) is 11.5 Å². The van der Waals surface area contributed by atoms with Gasteiger partial charge in [0.1, 0.15) is 0 Å². The number of pyridine rings is 1. The van der Waals surface area contributed by atoms with Crippen LogP contribution in [-0.4, -0.2) is 37.3 Å². The lowest BCUT2D eigenvalue weighted by molar-refractivity contribution is -0.385.